The zero-order chi connectivity index (χ0) is 35.6. The summed E-state index contributed by atoms with van der Waals surface area (Å²) in [4.78, 5) is 47.1. The fourth-order valence-electron chi connectivity index (χ4n) is 6.82. The molecule has 0 saturated carbocycles. The first-order valence-electron chi connectivity index (χ1n) is 17.3. The molecule has 0 aliphatic carbocycles. The number of amides is 3. The van der Waals surface area contributed by atoms with Gasteiger partial charge in [0.15, 0.2) is 18.0 Å². The zero-order valence-corrected chi connectivity index (χ0v) is 31.0. The number of nitrogens with zero attached hydrogens (tertiary/aromatic N) is 3. The summed E-state index contributed by atoms with van der Waals surface area (Å²) in [6.07, 6.45) is -0.0613. The minimum Gasteiger partial charge on any atom is -0.444 e. The number of nitrogens with one attached hydrogen (secondary N) is 1. The molecule has 50 heavy (non-hydrogen) atoms. The summed E-state index contributed by atoms with van der Waals surface area (Å²) in [5, 5.41) is 5.78. The molecule has 4 heterocycles. The van der Waals surface area contributed by atoms with Crippen molar-refractivity contribution in [2.45, 2.75) is 90.1 Å². The molecule has 3 aliphatic rings. The number of carbonyl (C=O) groups is 3. The third kappa shape index (κ3) is 8.62. The molecule has 3 aliphatic heterocycles. The number of halogens is 1. The minimum absolute atomic E-state index is 0.149. The number of thiophene rings is 1. The zero-order valence-electron chi connectivity index (χ0n) is 29.4. The number of hydrogen-bond acceptors (Lipinski definition) is 8. The molecular weight excluding hydrogens is 676 g/mol. The van der Waals surface area contributed by atoms with Gasteiger partial charge >= 0.3 is 6.09 Å². The van der Waals surface area contributed by atoms with Gasteiger partial charge in [-0.15, -0.1) is 11.3 Å². The molecule has 3 aromatic rings. The fraction of sp³-hybridized carbons (Fsp3) is 0.500. The van der Waals surface area contributed by atoms with Crippen molar-refractivity contribution in [2.24, 2.45) is 0 Å². The molecule has 0 radical (unpaired) electrons. The molecule has 10 nitrogen and oxygen atoms in total. The highest BCUT2D eigenvalue weighted by Gasteiger charge is 2.51. The predicted octanol–water partition coefficient (Wildman–Crippen LogP) is 6.55. The molecule has 2 aromatic carbocycles. The lowest BCUT2D eigenvalue weighted by molar-refractivity contribution is -0.163. The molecule has 0 unspecified atom stereocenters. The molecule has 1 N–H and O–H groups in total. The van der Waals surface area contributed by atoms with E-state index in [1.165, 1.54) is 0 Å². The van der Waals surface area contributed by atoms with Gasteiger partial charge in [-0.3, -0.25) is 9.59 Å². The van der Waals surface area contributed by atoms with Gasteiger partial charge in [0.05, 0.1) is 12.6 Å². The standard InChI is InChI=1S/C38H47ClN4O6S/c1-37(2,3)49-36(46)42-18-16-41(17-19-42)28-12-8-11-27(22-28)31-14-9-15-43(31)35(45)33-32(47-38(4,5)48-33)34(44)40-23-29-21-25(24-50-29)20-26-10-6-7-13-30(26)39/h6-8,10-13,21-22,24,31-33H,9,14-20,23H2,1-5H3,(H,40,44)/t31-,32-,33-/m1/s1. The fourth-order valence-corrected chi connectivity index (χ4v) is 7.86. The lowest BCUT2D eigenvalue weighted by Gasteiger charge is -2.37. The molecule has 1 aromatic heterocycles. The van der Waals surface area contributed by atoms with Crippen molar-refractivity contribution in [2.75, 3.05) is 37.6 Å². The summed E-state index contributed by atoms with van der Waals surface area (Å²) in [6.45, 7) is 12.5. The van der Waals surface area contributed by atoms with Crippen LogP contribution in [0.4, 0.5) is 10.5 Å². The van der Waals surface area contributed by atoms with Crippen molar-refractivity contribution < 1.29 is 28.6 Å². The van der Waals surface area contributed by atoms with E-state index in [-0.39, 0.29) is 23.9 Å². The molecule has 3 fully saturated rings. The highest BCUT2D eigenvalue weighted by molar-refractivity contribution is 7.10. The lowest BCUT2D eigenvalue weighted by Crippen LogP contribution is -2.50. The van der Waals surface area contributed by atoms with Crippen LogP contribution in [-0.4, -0.2) is 84.0 Å². The van der Waals surface area contributed by atoms with Crippen LogP contribution < -0.4 is 10.2 Å². The van der Waals surface area contributed by atoms with E-state index in [0.717, 1.165) is 45.1 Å². The predicted molar refractivity (Wildman–Crippen MR) is 194 cm³/mol. The Labute approximate surface area is 303 Å². The number of rotatable bonds is 8. The van der Waals surface area contributed by atoms with Crippen LogP contribution in [0.25, 0.3) is 0 Å². The number of hydrogen-bond donors (Lipinski definition) is 1. The van der Waals surface area contributed by atoms with Crippen LogP contribution in [0.3, 0.4) is 0 Å². The molecule has 12 heteroatoms. The van der Waals surface area contributed by atoms with Crippen LogP contribution in [0, 0.1) is 0 Å². The second kappa shape index (κ2) is 14.9. The molecule has 3 amide bonds. The first-order chi connectivity index (χ1) is 23.8. The average Bonchev–Trinajstić information content (AvgIpc) is 3.82. The summed E-state index contributed by atoms with van der Waals surface area (Å²) >= 11 is 7.92. The monoisotopic (exact) mass is 722 g/mol. The van der Waals surface area contributed by atoms with E-state index >= 15 is 0 Å². The second-order valence-electron chi connectivity index (χ2n) is 14.6. The largest absolute Gasteiger partial charge is 0.444 e. The molecule has 0 bridgehead atoms. The van der Waals surface area contributed by atoms with E-state index < -0.39 is 23.6 Å². The van der Waals surface area contributed by atoms with Gasteiger partial charge in [-0.2, -0.15) is 0 Å². The van der Waals surface area contributed by atoms with E-state index in [9.17, 15) is 14.4 Å². The third-order valence-corrected chi connectivity index (χ3v) is 10.5. The van der Waals surface area contributed by atoms with Crippen molar-refractivity contribution in [3.8, 4) is 0 Å². The van der Waals surface area contributed by atoms with E-state index in [4.69, 9.17) is 25.8 Å². The van der Waals surface area contributed by atoms with Crippen molar-refractivity contribution in [3.05, 3.63) is 86.6 Å². The Bertz CT molecular complexity index is 1700. The average molecular weight is 723 g/mol. The van der Waals surface area contributed by atoms with Gasteiger partial charge < -0.3 is 34.2 Å². The topological polar surface area (TPSA) is 101 Å². The number of anilines is 1. The van der Waals surface area contributed by atoms with E-state index in [0.29, 0.717) is 45.7 Å². The van der Waals surface area contributed by atoms with Gasteiger partial charge in [-0.25, -0.2) is 4.79 Å². The lowest BCUT2D eigenvalue weighted by atomic mass is 10.0. The van der Waals surface area contributed by atoms with E-state index in [1.54, 1.807) is 30.1 Å². The van der Waals surface area contributed by atoms with E-state index in [1.807, 2.05) is 56.0 Å². The van der Waals surface area contributed by atoms with Crippen LogP contribution in [-0.2, 0) is 36.8 Å². The Hall–Kier alpha value is -3.64. The SMILES string of the molecule is CC(C)(C)OC(=O)N1CCN(c2cccc([C@H]3CCCN3C(=O)[C@@H]3OC(C)(C)O[C@H]3C(=O)NCc3cc(Cc4ccccc4Cl)cs3)c2)CC1. The smallest absolute Gasteiger partial charge is 0.410 e. The normalized spacial score (nSPS) is 22.1. The van der Waals surface area contributed by atoms with Crippen molar-refractivity contribution in [3.63, 3.8) is 0 Å². The number of ether oxygens (including phenoxy) is 3. The van der Waals surface area contributed by atoms with E-state index in [2.05, 4.69) is 39.9 Å². The Kier molecular flexibility index (Phi) is 10.8. The van der Waals surface area contributed by atoms with Gasteiger partial charge in [0.2, 0.25) is 0 Å². The number of benzene rings is 2. The summed E-state index contributed by atoms with van der Waals surface area (Å²) < 4.78 is 17.7. The molecule has 3 atom stereocenters. The van der Waals surface area contributed by atoms with Gasteiger partial charge in [-0.1, -0.05) is 41.9 Å². The van der Waals surface area contributed by atoms with Crippen LogP contribution in [0.5, 0.6) is 0 Å². The van der Waals surface area contributed by atoms with Crippen molar-refractivity contribution in [1.82, 2.24) is 15.1 Å². The van der Waals surface area contributed by atoms with Crippen LogP contribution in [0.2, 0.25) is 5.02 Å². The number of likely N-dealkylation sites (tertiary alicyclic amines) is 1. The van der Waals surface area contributed by atoms with Crippen LogP contribution in [0.1, 0.15) is 75.1 Å². The molecule has 0 spiro atoms. The summed E-state index contributed by atoms with van der Waals surface area (Å²) in [5.74, 6) is -1.71. The van der Waals surface area contributed by atoms with Crippen LogP contribution >= 0.6 is 22.9 Å². The highest BCUT2D eigenvalue weighted by Crippen LogP contribution is 2.37. The number of carbonyl (C=O) groups excluding carboxylic acids is 3. The summed E-state index contributed by atoms with van der Waals surface area (Å²) in [7, 11) is 0. The summed E-state index contributed by atoms with van der Waals surface area (Å²) in [5.41, 5.74) is 3.72. The maximum absolute atomic E-state index is 14.2. The minimum atomic E-state index is -1.09. The van der Waals surface area contributed by atoms with Gasteiger partial charge in [0.1, 0.15) is 5.60 Å². The summed E-state index contributed by atoms with van der Waals surface area (Å²) in [6, 6.07) is 18.0. The van der Waals surface area contributed by atoms with Gasteiger partial charge in [-0.05, 0) is 100 Å². The molecular formula is C38H47ClN4O6S. The molecule has 3 saturated heterocycles. The van der Waals surface area contributed by atoms with Gasteiger partial charge in [0.25, 0.3) is 11.8 Å². The van der Waals surface area contributed by atoms with Gasteiger partial charge in [0, 0.05) is 48.3 Å². The molecule has 6 rings (SSSR count). The Morgan fingerprint density at radius 3 is 2.46 bits per heavy atom. The van der Waals surface area contributed by atoms with Crippen molar-refractivity contribution in [1.29, 1.82) is 0 Å². The quantitative estimate of drug-likeness (QED) is 0.282. The Balaban J connectivity index is 1.08. The third-order valence-electron chi connectivity index (χ3n) is 9.18. The Morgan fingerprint density at radius 1 is 0.980 bits per heavy atom. The molecule has 268 valence electrons. The van der Waals surface area contributed by atoms with Crippen molar-refractivity contribution >= 4 is 46.5 Å². The second-order valence-corrected chi connectivity index (χ2v) is 16.0. The maximum Gasteiger partial charge on any atom is 0.410 e. The highest BCUT2D eigenvalue weighted by atomic mass is 35.5. The first kappa shape index (κ1) is 36.2. The maximum atomic E-state index is 14.2. The first-order valence-corrected chi connectivity index (χ1v) is 18.6. The number of piperazine rings is 1. The van der Waals surface area contributed by atoms with Crippen LogP contribution in [0.15, 0.2) is 60.0 Å². The Morgan fingerprint density at radius 2 is 1.72 bits per heavy atom.